The minimum Gasteiger partial charge on any atom is -0.480 e. The number of fused-ring (bicyclic) bond motifs is 1. The highest BCUT2D eigenvalue weighted by Crippen LogP contribution is 2.55. The topological polar surface area (TPSA) is 66.4 Å². The molecule has 4 heteroatoms. The minimum atomic E-state index is -0.915. The molecule has 1 amide bonds. The van der Waals surface area contributed by atoms with Crippen molar-refractivity contribution in [2.75, 3.05) is 0 Å². The van der Waals surface area contributed by atoms with Crippen LogP contribution in [-0.2, 0) is 9.59 Å². The predicted octanol–water partition coefficient (Wildman–Crippen LogP) is 2.04. The molecule has 0 bridgehead atoms. The van der Waals surface area contributed by atoms with E-state index in [2.05, 4.69) is 5.32 Å². The smallest absolute Gasteiger partial charge is 0.326 e. The highest BCUT2D eigenvalue weighted by molar-refractivity contribution is 5.87. The fourth-order valence-corrected chi connectivity index (χ4v) is 3.31. The number of carboxylic acids is 1. The number of nitrogens with one attached hydrogen (secondary N) is 1. The van der Waals surface area contributed by atoms with Crippen molar-refractivity contribution in [3.8, 4) is 0 Å². The fraction of sp³-hybridized carbons (Fsp3) is 0.857. The minimum absolute atomic E-state index is 0.0211. The van der Waals surface area contributed by atoms with Crippen molar-refractivity contribution in [3.05, 3.63) is 0 Å². The fourth-order valence-electron chi connectivity index (χ4n) is 3.31. The normalized spacial score (nSPS) is 33.1. The van der Waals surface area contributed by atoms with Crippen LogP contribution < -0.4 is 5.32 Å². The van der Waals surface area contributed by atoms with Crippen molar-refractivity contribution in [2.45, 2.75) is 52.0 Å². The molecule has 0 aromatic heterocycles. The lowest BCUT2D eigenvalue weighted by Crippen LogP contribution is -2.45. The van der Waals surface area contributed by atoms with Crippen LogP contribution >= 0.6 is 0 Å². The lowest BCUT2D eigenvalue weighted by Gasteiger charge is -2.20. The Balaban J connectivity index is 1.92. The third-order valence-corrected chi connectivity index (χ3v) is 4.74. The summed E-state index contributed by atoms with van der Waals surface area (Å²) in [6.07, 6.45) is 5.49. The largest absolute Gasteiger partial charge is 0.480 e. The maximum atomic E-state index is 12.1. The van der Waals surface area contributed by atoms with E-state index in [1.54, 1.807) is 0 Å². The SMILES string of the molecule is CC[C@H](C)[C@H](NC(=O)C1C2CCCCC21)C(=O)O. The summed E-state index contributed by atoms with van der Waals surface area (Å²) in [5.74, 6) is 0.196. The van der Waals surface area contributed by atoms with E-state index in [1.165, 1.54) is 12.8 Å². The molecule has 0 spiro atoms. The summed E-state index contributed by atoms with van der Waals surface area (Å²) in [7, 11) is 0. The van der Waals surface area contributed by atoms with E-state index in [9.17, 15) is 9.59 Å². The molecular weight excluding hydrogens is 230 g/mol. The zero-order chi connectivity index (χ0) is 13.3. The molecule has 0 aromatic rings. The van der Waals surface area contributed by atoms with Gasteiger partial charge in [-0.3, -0.25) is 4.79 Å². The van der Waals surface area contributed by atoms with Crippen LogP contribution in [0.15, 0.2) is 0 Å². The molecule has 0 saturated heterocycles. The van der Waals surface area contributed by atoms with Crippen molar-refractivity contribution >= 4 is 11.9 Å². The lowest BCUT2D eigenvalue weighted by atomic mass is 9.99. The number of rotatable bonds is 5. The molecule has 2 N–H and O–H groups in total. The number of carboxylic acid groups (broad SMARTS) is 1. The Morgan fingerprint density at radius 2 is 1.83 bits per heavy atom. The second-order valence-corrected chi connectivity index (χ2v) is 5.85. The van der Waals surface area contributed by atoms with Crippen LogP contribution in [0.5, 0.6) is 0 Å². The Morgan fingerprint density at radius 1 is 1.28 bits per heavy atom. The van der Waals surface area contributed by atoms with Gasteiger partial charge in [-0.15, -0.1) is 0 Å². The number of carbonyl (C=O) groups excluding carboxylic acids is 1. The van der Waals surface area contributed by atoms with Crippen LogP contribution in [0.2, 0.25) is 0 Å². The van der Waals surface area contributed by atoms with Gasteiger partial charge in [0.05, 0.1) is 0 Å². The van der Waals surface area contributed by atoms with Crippen LogP contribution in [0.25, 0.3) is 0 Å². The van der Waals surface area contributed by atoms with Crippen molar-refractivity contribution < 1.29 is 14.7 Å². The molecule has 2 unspecified atom stereocenters. The van der Waals surface area contributed by atoms with Crippen molar-refractivity contribution in [1.29, 1.82) is 0 Å². The number of amides is 1. The van der Waals surface area contributed by atoms with E-state index in [1.807, 2.05) is 13.8 Å². The lowest BCUT2D eigenvalue weighted by molar-refractivity contribution is -0.143. The van der Waals surface area contributed by atoms with E-state index in [0.717, 1.165) is 19.3 Å². The number of hydrogen-bond donors (Lipinski definition) is 2. The van der Waals surface area contributed by atoms with Crippen molar-refractivity contribution in [1.82, 2.24) is 5.32 Å². The molecule has 0 heterocycles. The molecular formula is C14H23NO3. The molecule has 4 atom stereocenters. The Hall–Kier alpha value is -1.06. The van der Waals surface area contributed by atoms with Gasteiger partial charge in [0.2, 0.25) is 5.91 Å². The molecule has 2 fully saturated rings. The molecule has 2 rings (SSSR count). The first-order valence-corrected chi connectivity index (χ1v) is 7.09. The van der Waals surface area contributed by atoms with E-state index in [4.69, 9.17) is 5.11 Å². The maximum Gasteiger partial charge on any atom is 0.326 e. The Bertz CT molecular complexity index is 330. The van der Waals surface area contributed by atoms with E-state index < -0.39 is 12.0 Å². The van der Waals surface area contributed by atoms with Crippen LogP contribution in [0.3, 0.4) is 0 Å². The molecule has 0 aromatic carbocycles. The second kappa shape index (κ2) is 5.29. The first-order chi connectivity index (χ1) is 8.56. The quantitative estimate of drug-likeness (QED) is 0.788. The van der Waals surface area contributed by atoms with Gasteiger partial charge in [-0.1, -0.05) is 33.1 Å². The molecule has 102 valence electrons. The summed E-state index contributed by atoms with van der Waals surface area (Å²) in [6, 6.07) is -0.731. The van der Waals surface area contributed by atoms with Gasteiger partial charge in [-0.2, -0.15) is 0 Å². The van der Waals surface area contributed by atoms with E-state index >= 15 is 0 Å². The summed E-state index contributed by atoms with van der Waals surface area (Å²) in [5.41, 5.74) is 0. The second-order valence-electron chi connectivity index (χ2n) is 5.85. The molecule has 2 saturated carbocycles. The van der Waals surface area contributed by atoms with Gasteiger partial charge in [0.25, 0.3) is 0 Å². The van der Waals surface area contributed by atoms with Crippen molar-refractivity contribution in [3.63, 3.8) is 0 Å². The monoisotopic (exact) mass is 253 g/mol. The summed E-state index contributed by atoms with van der Waals surface area (Å²) in [6.45, 7) is 3.82. The molecule has 2 aliphatic rings. The number of carbonyl (C=O) groups is 2. The maximum absolute atomic E-state index is 12.1. The van der Waals surface area contributed by atoms with Gasteiger partial charge in [-0.05, 0) is 30.6 Å². The third-order valence-electron chi connectivity index (χ3n) is 4.74. The standard InChI is InChI=1S/C14H23NO3/c1-3-8(2)12(14(17)18)15-13(16)11-9-6-4-5-7-10(9)11/h8-12H,3-7H2,1-2H3,(H,15,16)(H,17,18)/t8-,9?,10?,11?,12-/m0/s1. The molecule has 4 nitrogen and oxygen atoms in total. The molecule has 0 radical (unpaired) electrons. The summed E-state index contributed by atoms with van der Waals surface area (Å²) < 4.78 is 0. The summed E-state index contributed by atoms with van der Waals surface area (Å²) in [4.78, 5) is 23.3. The van der Waals surface area contributed by atoms with Gasteiger partial charge in [0, 0.05) is 5.92 Å². The summed E-state index contributed by atoms with van der Waals surface area (Å²) >= 11 is 0. The van der Waals surface area contributed by atoms with Crippen LogP contribution in [0, 0.1) is 23.7 Å². The Morgan fingerprint density at radius 3 is 2.28 bits per heavy atom. The van der Waals surface area contributed by atoms with Gasteiger partial charge < -0.3 is 10.4 Å². The predicted molar refractivity (Wildman–Crippen MR) is 68.0 cm³/mol. The van der Waals surface area contributed by atoms with Crippen molar-refractivity contribution in [2.24, 2.45) is 23.7 Å². The first kappa shape index (κ1) is 13.4. The van der Waals surface area contributed by atoms with Gasteiger partial charge in [-0.25, -0.2) is 4.79 Å². The average Bonchev–Trinajstić information content (AvgIpc) is 3.08. The third kappa shape index (κ3) is 2.52. The van der Waals surface area contributed by atoms with Crippen LogP contribution in [0.1, 0.15) is 46.0 Å². The van der Waals surface area contributed by atoms with Crippen LogP contribution in [-0.4, -0.2) is 23.0 Å². The van der Waals surface area contributed by atoms with Gasteiger partial charge >= 0.3 is 5.97 Å². The Kier molecular flexibility index (Phi) is 3.93. The van der Waals surface area contributed by atoms with Gasteiger partial charge in [0.15, 0.2) is 0 Å². The average molecular weight is 253 g/mol. The zero-order valence-electron chi connectivity index (χ0n) is 11.2. The molecule has 0 aliphatic heterocycles. The highest BCUT2D eigenvalue weighted by Gasteiger charge is 2.55. The van der Waals surface area contributed by atoms with Gasteiger partial charge in [0.1, 0.15) is 6.04 Å². The summed E-state index contributed by atoms with van der Waals surface area (Å²) in [5, 5.41) is 11.9. The molecule has 18 heavy (non-hydrogen) atoms. The Labute approximate surface area is 108 Å². The van der Waals surface area contributed by atoms with Crippen LogP contribution in [0.4, 0.5) is 0 Å². The van der Waals surface area contributed by atoms with E-state index in [0.29, 0.717) is 11.8 Å². The molecule has 2 aliphatic carbocycles. The van der Waals surface area contributed by atoms with E-state index in [-0.39, 0.29) is 17.7 Å². The zero-order valence-corrected chi connectivity index (χ0v) is 11.2. The number of hydrogen-bond acceptors (Lipinski definition) is 2. The first-order valence-electron chi connectivity index (χ1n) is 7.09. The highest BCUT2D eigenvalue weighted by atomic mass is 16.4. The number of aliphatic carboxylic acids is 1.